The molecule has 2 N–H and O–H groups in total. The summed E-state index contributed by atoms with van der Waals surface area (Å²) in [5.74, 6) is 1.03. The first-order chi connectivity index (χ1) is 12.7. The minimum Gasteiger partial charge on any atom is -0.353 e. The molecular formula is C23H31ClN2O. The zero-order valence-corrected chi connectivity index (χ0v) is 16.9. The largest absolute Gasteiger partial charge is 0.353 e. The van der Waals surface area contributed by atoms with Gasteiger partial charge in [-0.2, -0.15) is 0 Å². The Labute approximate surface area is 169 Å². The Balaban J connectivity index is 0.00000261. The van der Waals surface area contributed by atoms with E-state index in [2.05, 4.69) is 66.1 Å². The van der Waals surface area contributed by atoms with Gasteiger partial charge in [-0.3, -0.25) is 4.79 Å². The molecule has 0 aliphatic carbocycles. The lowest BCUT2D eigenvalue weighted by Crippen LogP contribution is -2.38. The third kappa shape index (κ3) is 6.37. The van der Waals surface area contributed by atoms with Crippen molar-refractivity contribution in [2.45, 2.75) is 44.6 Å². The summed E-state index contributed by atoms with van der Waals surface area (Å²) in [4.78, 5) is 12.5. The summed E-state index contributed by atoms with van der Waals surface area (Å²) < 4.78 is 0. The van der Waals surface area contributed by atoms with Crippen molar-refractivity contribution in [3.05, 3.63) is 71.8 Å². The quantitative estimate of drug-likeness (QED) is 0.734. The third-order valence-electron chi connectivity index (χ3n) is 5.44. The van der Waals surface area contributed by atoms with Gasteiger partial charge < -0.3 is 10.6 Å². The maximum Gasteiger partial charge on any atom is 0.220 e. The minimum atomic E-state index is 0. The Morgan fingerprint density at radius 2 is 1.52 bits per heavy atom. The summed E-state index contributed by atoms with van der Waals surface area (Å²) in [5, 5.41) is 6.65. The SMILES string of the molecule is CC(NC(=O)CCC1CCNCC1)C(c1ccccc1)c1ccccc1.Cl. The third-order valence-corrected chi connectivity index (χ3v) is 5.44. The van der Waals surface area contributed by atoms with E-state index in [0.29, 0.717) is 12.3 Å². The van der Waals surface area contributed by atoms with Gasteiger partial charge in [-0.15, -0.1) is 12.4 Å². The summed E-state index contributed by atoms with van der Waals surface area (Å²) >= 11 is 0. The van der Waals surface area contributed by atoms with Crippen molar-refractivity contribution in [1.82, 2.24) is 10.6 Å². The molecule has 1 amide bonds. The number of rotatable bonds is 7. The number of carbonyl (C=O) groups excluding carboxylic acids is 1. The number of piperidine rings is 1. The monoisotopic (exact) mass is 386 g/mol. The van der Waals surface area contributed by atoms with E-state index in [1.165, 1.54) is 24.0 Å². The lowest BCUT2D eigenvalue weighted by Gasteiger charge is -2.27. The molecule has 1 heterocycles. The molecule has 1 fully saturated rings. The Bertz CT molecular complexity index is 632. The van der Waals surface area contributed by atoms with Crippen molar-refractivity contribution < 1.29 is 4.79 Å². The fourth-order valence-corrected chi connectivity index (χ4v) is 4.01. The molecule has 0 saturated carbocycles. The standard InChI is InChI=1S/C23H30N2O.ClH/c1-18(25-22(26)13-12-19-14-16-24-17-15-19)23(20-8-4-2-5-9-20)21-10-6-3-7-11-21;/h2-11,18-19,23-24H,12-17H2,1H3,(H,25,26);1H. The van der Waals surface area contributed by atoms with Crippen LogP contribution in [-0.4, -0.2) is 25.0 Å². The number of carbonyl (C=O) groups is 1. The molecule has 1 unspecified atom stereocenters. The zero-order chi connectivity index (χ0) is 18.2. The number of amides is 1. The topological polar surface area (TPSA) is 41.1 Å². The van der Waals surface area contributed by atoms with Crippen LogP contribution in [0.3, 0.4) is 0 Å². The first-order valence-electron chi connectivity index (χ1n) is 9.84. The molecule has 0 radical (unpaired) electrons. The molecule has 146 valence electrons. The predicted octanol–water partition coefficient (Wildman–Crippen LogP) is 4.52. The van der Waals surface area contributed by atoms with E-state index in [-0.39, 0.29) is 30.3 Å². The molecular weight excluding hydrogens is 356 g/mol. The van der Waals surface area contributed by atoms with Crippen LogP contribution in [0.1, 0.15) is 49.7 Å². The fourth-order valence-electron chi connectivity index (χ4n) is 4.01. The maximum absolute atomic E-state index is 12.5. The second-order valence-electron chi connectivity index (χ2n) is 7.39. The lowest BCUT2D eigenvalue weighted by molar-refractivity contribution is -0.122. The van der Waals surface area contributed by atoms with Crippen LogP contribution in [0.2, 0.25) is 0 Å². The molecule has 0 bridgehead atoms. The number of halogens is 1. The summed E-state index contributed by atoms with van der Waals surface area (Å²) in [7, 11) is 0. The zero-order valence-electron chi connectivity index (χ0n) is 16.1. The number of nitrogens with one attached hydrogen (secondary N) is 2. The normalized spacial score (nSPS) is 15.8. The van der Waals surface area contributed by atoms with Crippen LogP contribution >= 0.6 is 12.4 Å². The highest BCUT2D eigenvalue weighted by atomic mass is 35.5. The molecule has 1 aliphatic heterocycles. The maximum atomic E-state index is 12.5. The number of hydrogen-bond donors (Lipinski definition) is 2. The van der Waals surface area contributed by atoms with E-state index >= 15 is 0 Å². The second-order valence-corrected chi connectivity index (χ2v) is 7.39. The van der Waals surface area contributed by atoms with E-state index < -0.39 is 0 Å². The van der Waals surface area contributed by atoms with Gasteiger partial charge in [0, 0.05) is 18.4 Å². The van der Waals surface area contributed by atoms with Gasteiger partial charge in [-0.25, -0.2) is 0 Å². The Hall–Kier alpha value is -1.84. The molecule has 3 nitrogen and oxygen atoms in total. The molecule has 0 aromatic heterocycles. The molecule has 4 heteroatoms. The van der Waals surface area contributed by atoms with Gasteiger partial charge in [0.05, 0.1) is 0 Å². The van der Waals surface area contributed by atoms with Gasteiger partial charge >= 0.3 is 0 Å². The molecule has 1 saturated heterocycles. The van der Waals surface area contributed by atoms with Crippen molar-refractivity contribution in [2.24, 2.45) is 5.92 Å². The van der Waals surface area contributed by atoms with Gasteiger partial charge in [0.2, 0.25) is 5.91 Å². The first-order valence-corrected chi connectivity index (χ1v) is 9.84. The van der Waals surface area contributed by atoms with Crippen LogP contribution in [0, 0.1) is 5.92 Å². The van der Waals surface area contributed by atoms with Crippen LogP contribution in [0.25, 0.3) is 0 Å². The Morgan fingerprint density at radius 3 is 2.04 bits per heavy atom. The van der Waals surface area contributed by atoms with Crippen molar-refractivity contribution in [3.8, 4) is 0 Å². The smallest absolute Gasteiger partial charge is 0.220 e. The molecule has 2 aromatic carbocycles. The Morgan fingerprint density at radius 1 is 1.00 bits per heavy atom. The van der Waals surface area contributed by atoms with E-state index in [9.17, 15) is 4.79 Å². The van der Waals surface area contributed by atoms with Crippen molar-refractivity contribution in [3.63, 3.8) is 0 Å². The highest BCUT2D eigenvalue weighted by Gasteiger charge is 2.23. The molecule has 2 aromatic rings. The first kappa shape index (κ1) is 21.5. The summed E-state index contributed by atoms with van der Waals surface area (Å²) in [6.07, 6.45) is 4.02. The summed E-state index contributed by atoms with van der Waals surface area (Å²) in [5.41, 5.74) is 2.48. The minimum absolute atomic E-state index is 0. The second kappa shape index (κ2) is 11.1. The van der Waals surface area contributed by atoms with Crippen molar-refractivity contribution in [1.29, 1.82) is 0 Å². The molecule has 27 heavy (non-hydrogen) atoms. The van der Waals surface area contributed by atoms with Crippen LogP contribution in [-0.2, 0) is 4.79 Å². The average Bonchev–Trinajstić information content (AvgIpc) is 2.69. The van der Waals surface area contributed by atoms with Gasteiger partial charge in [-0.05, 0) is 56.3 Å². The molecule has 0 spiro atoms. The fraction of sp³-hybridized carbons (Fsp3) is 0.435. The number of hydrogen-bond acceptors (Lipinski definition) is 2. The van der Waals surface area contributed by atoms with Crippen molar-refractivity contribution in [2.75, 3.05) is 13.1 Å². The summed E-state index contributed by atoms with van der Waals surface area (Å²) in [6.45, 7) is 4.30. The highest BCUT2D eigenvalue weighted by molar-refractivity contribution is 5.85. The van der Waals surface area contributed by atoms with Gasteiger partial charge in [0.25, 0.3) is 0 Å². The van der Waals surface area contributed by atoms with Gasteiger partial charge in [0.1, 0.15) is 0 Å². The van der Waals surface area contributed by atoms with Gasteiger partial charge in [-0.1, -0.05) is 60.7 Å². The van der Waals surface area contributed by atoms with Crippen LogP contribution < -0.4 is 10.6 Å². The Kier molecular flexibility index (Phi) is 8.83. The number of benzene rings is 2. The summed E-state index contributed by atoms with van der Waals surface area (Å²) in [6, 6.07) is 21.0. The van der Waals surface area contributed by atoms with E-state index in [4.69, 9.17) is 0 Å². The van der Waals surface area contributed by atoms with Crippen LogP contribution in [0.4, 0.5) is 0 Å². The van der Waals surface area contributed by atoms with E-state index in [1.807, 2.05) is 12.1 Å². The lowest BCUT2D eigenvalue weighted by atomic mass is 9.85. The predicted molar refractivity (Wildman–Crippen MR) is 114 cm³/mol. The van der Waals surface area contributed by atoms with E-state index in [1.54, 1.807) is 0 Å². The van der Waals surface area contributed by atoms with Crippen LogP contribution in [0.5, 0.6) is 0 Å². The highest BCUT2D eigenvalue weighted by Crippen LogP contribution is 2.28. The van der Waals surface area contributed by atoms with Gasteiger partial charge in [0.15, 0.2) is 0 Å². The molecule has 1 aliphatic rings. The van der Waals surface area contributed by atoms with Crippen LogP contribution in [0.15, 0.2) is 60.7 Å². The molecule has 3 rings (SSSR count). The van der Waals surface area contributed by atoms with E-state index in [0.717, 1.165) is 19.5 Å². The van der Waals surface area contributed by atoms with Crippen molar-refractivity contribution >= 4 is 18.3 Å². The average molecular weight is 387 g/mol. The molecule has 1 atom stereocenters.